The Morgan fingerprint density at radius 2 is 1.70 bits per heavy atom. The fourth-order valence-electron chi connectivity index (χ4n) is 0.350. The molecule has 1 aliphatic heterocycles. The van der Waals surface area contributed by atoms with E-state index in [1.165, 1.54) is 0 Å². The van der Waals surface area contributed by atoms with Crippen molar-refractivity contribution in [2.45, 2.75) is 9.12 Å². The highest BCUT2D eigenvalue weighted by atomic mass is 127. The molecule has 0 saturated carbocycles. The molecule has 0 aromatic heterocycles. The Morgan fingerprint density at radius 1 is 1.30 bits per heavy atom. The lowest BCUT2D eigenvalue weighted by Gasteiger charge is -2.35. The molecular formula is C2F3IO3S. The molecule has 0 bridgehead atoms. The van der Waals surface area contributed by atoms with Gasteiger partial charge < -0.3 is 0 Å². The van der Waals surface area contributed by atoms with Gasteiger partial charge in [-0.15, -0.1) is 0 Å². The first-order valence-electron chi connectivity index (χ1n) is 1.91. The molecule has 0 amide bonds. The van der Waals surface area contributed by atoms with Crippen LogP contribution in [0.3, 0.4) is 0 Å². The quantitative estimate of drug-likeness (QED) is 0.379. The van der Waals surface area contributed by atoms with Gasteiger partial charge in [0.25, 0.3) is 0 Å². The molecule has 1 heterocycles. The topological polar surface area (TPSA) is 43.4 Å². The van der Waals surface area contributed by atoms with Crippen molar-refractivity contribution in [2.24, 2.45) is 0 Å². The summed E-state index contributed by atoms with van der Waals surface area (Å²) in [6, 6.07) is 0. The molecule has 0 aromatic carbocycles. The van der Waals surface area contributed by atoms with Gasteiger partial charge in [0, 0.05) is 0 Å². The largest absolute Gasteiger partial charge is 0.430 e. The van der Waals surface area contributed by atoms with E-state index < -0.39 is 19.2 Å². The standard InChI is InChI=1S/C2F3IO3S/c3-1(4)2(5,6)10(7,8)9-1. The minimum Gasteiger partial charge on any atom is -0.202 e. The molecule has 10 heavy (non-hydrogen) atoms. The second kappa shape index (κ2) is 1.78. The summed E-state index contributed by atoms with van der Waals surface area (Å²) in [6.07, 6.45) is -4.22. The van der Waals surface area contributed by atoms with E-state index in [4.69, 9.17) is 0 Å². The van der Waals surface area contributed by atoms with Gasteiger partial charge in [-0.3, -0.25) is 0 Å². The van der Waals surface area contributed by atoms with E-state index in [9.17, 15) is 21.6 Å². The van der Waals surface area contributed by atoms with Crippen LogP contribution in [0.2, 0.25) is 0 Å². The van der Waals surface area contributed by atoms with Gasteiger partial charge >= 0.3 is 19.2 Å². The predicted molar refractivity (Wildman–Crippen MR) is 32.8 cm³/mol. The lowest BCUT2D eigenvalue weighted by atomic mass is 10.7. The van der Waals surface area contributed by atoms with E-state index in [2.05, 4.69) is 4.18 Å². The van der Waals surface area contributed by atoms with Crippen molar-refractivity contribution in [2.75, 3.05) is 0 Å². The highest BCUT2D eigenvalue weighted by Crippen LogP contribution is 2.54. The van der Waals surface area contributed by atoms with Crippen LogP contribution in [-0.2, 0) is 14.3 Å². The third-order valence-electron chi connectivity index (χ3n) is 0.867. The van der Waals surface area contributed by atoms with Gasteiger partial charge in [0.2, 0.25) is 0 Å². The third-order valence-corrected chi connectivity index (χ3v) is 4.41. The second-order valence-electron chi connectivity index (χ2n) is 1.57. The zero-order valence-corrected chi connectivity index (χ0v) is 7.12. The number of hydrogen-bond donors (Lipinski definition) is 0. The van der Waals surface area contributed by atoms with E-state index in [0.717, 1.165) is 0 Å². The van der Waals surface area contributed by atoms with Crippen LogP contribution in [0, 0.1) is 0 Å². The van der Waals surface area contributed by atoms with E-state index in [-0.39, 0.29) is 0 Å². The van der Waals surface area contributed by atoms with Crippen LogP contribution in [0.4, 0.5) is 13.2 Å². The van der Waals surface area contributed by atoms with Gasteiger partial charge in [-0.25, -0.2) is 4.39 Å². The lowest BCUT2D eigenvalue weighted by molar-refractivity contribution is -0.240. The zero-order valence-electron chi connectivity index (χ0n) is 4.14. The van der Waals surface area contributed by atoms with Gasteiger partial charge in [-0.05, 0) is 22.6 Å². The van der Waals surface area contributed by atoms with E-state index >= 15 is 0 Å². The van der Waals surface area contributed by atoms with Crippen LogP contribution >= 0.6 is 22.6 Å². The van der Waals surface area contributed by atoms with Gasteiger partial charge in [-0.2, -0.15) is 21.4 Å². The van der Waals surface area contributed by atoms with Crippen LogP contribution in [0.25, 0.3) is 0 Å². The Kier molecular flexibility index (Phi) is 1.51. The normalized spacial score (nSPS) is 42.4. The van der Waals surface area contributed by atoms with Gasteiger partial charge in [0.1, 0.15) is 0 Å². The minimum atomic E-state index is -4.70. The monoisotopic (exact) mass is 288 g/mol. The van der Waals surface area contributed by atoms with Gasteiger partial charge in [0.05, 0.1) is 0 Å². The van der Waals surface area contributed by atoms with Crippen molar-refractivity contribution in [1.29, 1.82) is 0 Å². The Morgan fingerprint density at radius 3 is 1.70 bits per heavy atom. The summed E-state index contributed by atoms with van der Waals surface area (Å²) in [5.41, 5.74) is 0. The summed E-state index contributed by atoms with van der Waals surface area (Å²) >= 11 is 0.483. The maximum Gasteiger partial charge on any atom is 0.430 e. The van der Waals surface area contributed by atoms with Gasteiger partial charge in [0.15, 0.2) is 0 Å². The Hall–Kier alpha value is 0.430. The van der Waals surface area contributed by atoms with Crippen LogP contribution in [0.15, 0.2) is 0 Å². The van der Waals surface area contributed by atoms with Crippen LogP contribution < -0.4 is 0 Å². The van der Waals surface area contributed by atoms with Crippen molar-refractivity contribution in [3.8, 4) is 0 Å². The summed E-state index contributed by atoms with van der Waals surface area (Å²) in [5, 5.41) is 0. The highest BCUT2D eigenvalue weighted by molar-refractivity contribution is 14.1. The van der Waals surface area contributed by atoms with Crippen molar-refractivity contribution < 1.29 is 25.8 Å². The van der Waals surface area contributed by atoms with Crippen molar-refractivity contribution in [1.82, 2.24) is 0 Å². The Balaban J connectivity index is 3.08. The molecule has 0 N–H and O–H groups in total. The SMILES string of the molecule is O=S1(=O)OC(F)(F)C1(F)I. The summed E-state index contributed by atoms with van der Waals surface area (Å²) in [5.74, 6) is 0. The minimum absolute atomic E-state index is 0.483. The first-order valence-corrected chi connectivity index (χ1v) is 4.40. The van der Waals surface area contributed by atoms with E-state index in [0.29, 0.717) is 22.6 Å². The highest BCUT2D eigenvalue weighted by Gasteiger charge is 2.77. The van der Waals surface area contributed by atoms with Crippen molar-refractivity contribution in [3.05, 3.63) is 0 Å². The van der Waals surface area contributed by atoms with Crippen LogP contribution in [0.5, 0.6) is 0 Å². The first kappa shape index (κ1) is 8.53. The fraction of sp³-hybridized carbons (Fsp3) is 1.00. The van der Waals surface area contributed by atoms with Crippen LogP contribution in [0.1, 0.15) is 0 Å². The summed E-state index contributed by atoms with van der Waals surface area (Å²) in [7, 11) is -4.70. The molecule has 1 rings (SSSR count). The summed E-state index contributed by atoms with van der Waals surface area (Å²) in [4.78, 5) is 0. The Bertz CT molecular complexity index is 257. The number of halogens is 4. The molecule has 1 atom stereocenters. The zero-order chi connectivity index (χ0) is 8.21. The fourth-order valence-corrected chi connectivity index (χ4v) is 1.59. The predicted octanol–water partition coefficient (Wildman–Crippen LogP) is 0.998. The number of rotatable bonds is 0. The van der Waals surface area contributed by atoms with Crippen molar-refractivity contribution in [3.63, 3.8) is 0 Å². The maximum atomic E-state index is 12.3. The van der Waals surface area contributed by atoms with Gasteiger partial charge in [-0.1, -0.05) is 0 Å². The maximum absolute atomic E-state index is 12.3. The third kappa shape index (κ3) is 0.780. The molecule has 0 spiro atoms. The molecule has 1 fully saturated rings. The Labute approximate surface area is 67.8 Å². The first-order chi connectivity index (χ1) is 4.21. The molecule has 3 nitrogen and oxygen atoms in total. The molecule has 8 heteroatoms. The molecular weight excluding hydrogens is 288 g/mol. The average Bonchev–Trinajstić information content (AvgIpc) is 1.61. The number of alkyl halides is 4. The molecule has 0 aromatic rings. The molecule has 60 valence electrons. The molecule has 0 aliphatic carbocycles. The lowest BCUT2D eigenvalue weighted by Crippen LogP contribution is -2.60. The van der Waals surface area contributed by atoms with Crippen molar-refractivity contribution >= 4 is 32.7 Å². The average molecular weight is 288 g/mol. The second-order valence-corrected chi connectivity index (χ2v) is 5.43. The summed E-state index contributed by atoms with van der Waals surface area (Å²) in [6.45, 7) is 0. The smallest absolute Gasteiger partial charge is 0.202 e. The van der Waals surface area contributed by atoms with E-state index in [1.807, 2.05) is 0 Å². The molecule has 0 radical (unpaired) electrons. The van der Waals surface area contributed by atoms with E-state index in [1.54, 1.807) is 0 Å². The molecule has 1 aliphatic rings. The van der Waals surface area contributed by atoms with Crippen LogP contribution in [-0.4, -0.2) is 17.5 Å². The number of hydrogen-bond acceptors (Lipinski definition) is 3. The summed E-state index contributed by atoms with van der Waals surface area (Å²) < 4.78 is 55.5. The molecule has 1 saturated heterocycles. The molecule has 1 unspecified atom stereocenters.